The largest absolute Gasteiger partial charge is 0.389 e. The van der Waals surface area contributed by atoms with Crippen molar-refractivity contribution in [1.82, 2.24) is 0 Å². The van der Waals surface area contributed by atoms with Crippen LogP contribution in [0.4, 0.5) is 0 Å². The average Bonchev–Trinajstić information content (AvgIpc) is 3.63. The number of fused-ring (bicyclic) bond motifs is 5. The molecule has 43 heavy (non-hydrogen) atoms. The average molecular weight is 559 g/mol. The van der Waals surface area contributed by atoms with Gasteiger partial charge in [0.25, 0.3) is 0 Å². The Morgan fingerprint density at radius 2 is 1.09 bits per heavy atom. The zero-order valence-electron chi connectivity index (χ0n) is 24.0. The van der Waals surface area contributed by atoms with Crippen molar-refractivity contribution in [2.75, 3.05) is 0 Å². The van der Waals surface area contributed by atoms with E-state index in [0.29, 0.717) is 6.42 Å². The molecule has 6 atom stereocenters. The summed E-state index contributed by atoms with van der Waals surface area (Å²) < 4.78 is 7.59. The summed E-state index contributed by atoms with van der Waals surface area (Å²) in [5.74, 6) is -0.169. The number of benzene rings is 5. The van der Waals surface area contributed by atoms with Gasteiger partial charge in [-0.2, -0.15) is 0 Å². The molecule has 3 aliphatic rings. The quantitative estimate of drug-likeness (QED) is 0.234. The van der Waals surface area contributed by atoms with E-state index in [0.717, 1.165) is 16.7 Å². The van der Waals surface area contributed by atoms with Crippen molar-refractivity contribution in [1.29, 1.82) is 0 Å². The maximum absolute atomic E-state index is 12.6. The molecule has 0 saturated carbocycles. The van der Waals surface area contributed by atoms with Crippen molar-refractivity contribution < 1.29 is 9.84 Å². The van der Waals surface area contributed by atoms with E-state index in [1.54, 1.807) is 0 Å². The lowest BCUT2D eigenvalue weighted by Crippen LogP contribution is -2.52. The Balaban J connectivity index is 1.45. The van der Waals surface area contributed by atoms with Gasteiger partial charge >= 0.3 is 0 Å². The molecule has 2 bridgehead atoms. The smallest absolute Gasteiger partial charge is 0.128 e. The minimum absolute atomic E-state index is 0.00567. The second-order valence-electron chi connectivity index (χ2n) is 12.1. The SMILES string of the molecule is O[C@@H]1[C@H](c2ccccc2)C[C@@]2(c3ccccc3)O[C@]1(c1ccccc1)[C@H]1C=CC(=C(c3ccccc3)c3ccccc3)[C@H]12. The van der Waals surface area contributed by atoms with Crippen molar-refractivity contribution in [3.8, 4) is 0 Å². The van der Waals surface area contributed by atoms with E-state index in [4.69, 9.17) is 4.74 Å². The molecule has 0 amide bonds. The standard InChI is InChI=1S/C41H34O2/c42-39-35(29-16-6-1-7-17-29)28-40(32-22-12-4-13-23-32)38-34(26-27-36(38)41(39,43-40)33-24-14-5-15-25-33)37(30-18-8-2-9-19-30)31-20-10-3-11-21-31/h1-27,35-36,38-39,42H,28H2/t35-,36-,38+,39+,40-,41+/m0/s1. The number of hydrogen-bond acceptors (Lipinski definition) is 2. The van der Waals surface area contributed by atoms with Crippen molar-refractivity contribution >= 4 is 5.57 Å². The van der Waals surface area contributed by atoms with Gasteiger partial charge in [0.2, 0.25) is 0 Å². The van der Waals surface area contributed by atoms with E-state index in [1.807, 2.05) is 12.1 Å². The highest BCUT2D eigenvalue weighted by Crippen LogP contribution is 2.70. The van der Waals surface area contributed by atoms with Gasteiger partial charge in [0.15, 0.2) is 0 Å². The van der Waals surface area contributed by atoms with Gasteiger partial charge in [-0.15, -0.1) is 0 Å². The molecule has 8 rings (SSSR count). The summed E-state index contributed by atoms with van der Waals surface area (Å²) in [5, 5.41) is 12.6. The van der Waals surface area contributed by atoms with Gasteiger partial charge in [-0.1, -0.05) is 164 Å². The van der Waals surface area contributed by atoms with Crippen molar-refractivity contribution in [3.63, 3.8) is 0 Å². The first-order valence-electron chi connectivity index (χ1n) is 15.3. The highest BCUT2D eigenvalue weighted by molar-refractivity contribution is 5.85. The second-order valence-corrected chi connectivity index (χ2v) is 12.1. The Labute approximate surface area is 253 Å². The first kappa shape index (κ1) is 26.2. The van der Waals surface area contributed by atoms with E-state index in [2.05, 4.69) is 152 Å². The summed E-state index contributed by atoms with van der Waals surface area (Å²) in [6, 6.07) is 53.2. The van der Waals surface area contributed by atoms with Crippen LogP contribution in [-0.2, 0) is 15.9 Å². The van der Waals surface area contributed by atoms with E-state index in [-0.39, 0.29) is 17.8 Å². The van der Waals surface area contributed by atoms with Crippen LogP contribution in [-0.4, -0.2) is 11.2 Å². The first-order valence-corrected chi connectivity index (χ1v) is 15.3. The third kappa shape index (κ3) is 3.94. The van der Waals surface area contributed by atoms with Crippen LogP contribution in [0.2, 0.25) is 0 Å². The number of ether oxygens (including phenoxy) is 1. The van der Waals surface area contributed by atoms with Gasteiger partial charge in [-0.25, -0.2) is 0 Å². The maximum Gasteiger partial charge on any atom is 0.128 e. The normalized spacial score (nSPS) is 28.9. The number of aliphatic hydroxyl groups is 1. The first-order chi connectivity index (χ1) is 21.2. The summed E-state index contributed by atoms with van der Waals surface area (Å²) in [5.41, 5.74) is 6.64. The molecule has 2 aliphatic heterocycles. The Morgan fingerprint density at radius 3 is 1.65 bits per heavy atom. The molecular weight excluding hydrogens is 524 g/mol. The lowest BCUT2D eigenvalue weighted by atomic mass is 9.70. The number of rotatable bonds is 5. The van der Waals surface area contributed by atoms with Gasteiger partial charge < -0.3 is 9.84 Å². The van der Waals surface area contributed by atoms with Crippen LogP contribution >= 0.6 is 0 Å². The summed E-state index contributed by atoms with van der Waals surface area (Å²) in [6.45, 7) is 0. The number of hydrogen-bond donors (Lipinski definition) is 1. The Hall–Kier alpha value is -4.50. The Bertz CT molecular complexity index is 1740. The predicted molar refractivity (Wildman–Crippen MR) is 172 cm³/mol. The third-order valence-corrected chi connectivity index (χ3v) is 10.00. The molecule has 2 nitrogen and oxygen atoms in total. The second kappa shape index (κ2) is 10.3. The van der Waals surface area contributed by atoms with Crippen LogP contribution in [0, 0.1) is 11.8 Å². The lowest BCUT2D eigenvalue weighted by Gasteiger charge is -2.49. The molecular formula is C41H34O2. The minimum Gasteiger partial charge on any atom is -0.389 e. The third-order valence-electron chi connectivity index (χ3n) is 10.00. The van der Waals surface area contributed by atoms with Crippen LogP contribution in [0.25, 0.3) is 5.57 Å². The number of aliphatic hydroxyl groups excluding tert-OH is 1. The van der Waals surface area contributed by atoms with Crippen molar-refractivity contribution in [2.45, 2.75) is 29.6 Å². The molecule has 210 valence electrons. The molecule has 5 aromatic carbocycles. The summed E-state index contributed by atoms with van der Waals surface area (Å²) in [7, 11) is 0. The van der Waals surface area contributed by atoms with E-state index < -0.39 is 17.3 Å². The molecule has 2 heterocycles. The van der Waals surface area contributed by atoms with Gasteiger partial charge in [0, 0.05) is 17.8 Å². The molecule has 1 N–H and O–H groups in total. The fourth-order valence-electron chi connectivity index (χ4n) is 8.29. The Kier molecular flexibility index (Phi) is 6.29. The van der Waals surface area contributed by atoms with Crippen molar-refractivity contribution in [2.24, 2.45) is 11.8 Å². The van der Waals surface area contributed by atoms with Crippen molar-refractivity contribution in [3.05, 3.63) is 197 Å². The minimum atomic E-state index is -0.919. The molecule has 2 saturated heterocycles. The fraction of sp³-hybridized carbons (Fsp3) is 0.171. The summed E-state index contributed by atoms with van der Waals surface area (Å²) >= 11 is 0. The molecule has 5 aromatic rings. The lowest BCUT2D eigenvalue weighted by molar-refractivity contribution is -0.221. The molecule has 0 spiro atoms. The predicted octanol–water partition coefficient (Wildman–Crippen LogP) is 8.66. The molecule has 0 radical (unpaired) electrons. The highest BCUT2D eigenvalue weighted by atomic mass is 16.5. The monoisotopic (exact) mass is 558 g/mol. The van der Waals surface area contributed by atoms with E-state index >= 15 is 0 Å². The van der Waals surface area contributed by atoms with Crippen LogP contribution in [0.5, 0.6) is 0 Å². The van der Waals surface area contributed by atoms with Crippen LogP contribution in [0.1, 0.15) is 40.2 Å². The zero-order chi connectivity index (χ0) is 28.9. The van der Waals surface area contributed by atoms with E-state index in [9.17, 15) is 5.11 Å². The fourth-order valence-corrected chi connectivity index (χ4v) is 8.29. The van der Waals surface area contributed by atoms with Gasteiger partial charge in [-0.3, -0.25) is 0 Å². The molecule has 0 unspecified atom stereocenters. The van der Waals surface area contributed by atoms with E-state index in [1.165, 1.54) is 22.3 Å². The molecule has 2 fully saturated rings. The summed E-state index contributed by atoms with van der Waals surface area (Å²) in [6.07, 6.45) is 4.61. The number of allylic oxidation sites excluding steroid dienone is 1. The summed E-state index contributed by atoms with van der Waals surface area (Å²) in [4.78, 5) is 0. The van der Waals surface area contributed by atoms with Gasteiger partial charge in [0.05, 0.1) is 6.10 Å². The zero-order valence-corrected chi connectivity index (χ0v) is 24.0. The highest BCUT2D eigenvalue weighted by Gasteiger charge is 2.72. The maximum atomic E-state index is 12.6. The molecule has 2 heteroatoms. The van der Waals surface area contributed by atoms with Crippen LogP contribution < -0.4 is 0 Å². The van der Waals surface area contributed by atoms with Gasteiger partial charge in [0.1, 0.15) is 11.2 Å². The topological polar surface area (TPSA) is 29.5 Å². The Morgan fingerprint density at radius 1 is 0.605 bits per heavy atom. The molecule has 1 aliphatic carbocycles. The van der Waals surface area contributed by atoms with Gasteiger partial charge in [-0.05, 0) is 45.4 Å². The van der Waals surface area contributed by atoms with Crippen LogP contribution in [0.15, 0.2) is 169 Å². The van der Waals surface area contributed by atoms with Crippen LogP contribution in [0.3, 0.4) is 0 Å². The molecule has 0 aromatic heterocycles.